The molecule has 23 heavy (non-hydrogen) atoms. The molecule has 1 unspecified atom stereocenters. The number of ether oxygens (including phenoxy) is 2. The highest BCUT2D eigenvalue weighted by molar-refractivity contribution is 6.00. The van der Waals surface area contributed by atoms with Gasteiger partial charge >= 0.3 is 0 Å². The molecule has 3 rings (SSSR count). The highest BCUT2D eigenvalue weighted by atomic mass is 16.5. The van der Waals surface area contributed by atoms with Gasteiger partial charge in [0.25, 0.3) is 5.91 Å². The van der Waals surface area contributed by atoms with Crippen molar-refractivity contribution in [2.45, 2.75) is 32.8 Å². The zero-order valence-electron chi connectivity index (χ0n) is 13.7. The number of fused-ring (bicyclic) bond motifs is 1. The first kappa shape index (κ1) is 15.8. The molecular weight excluding hydrogens is 296 g/mol. The van der Waals surface area contributed by atoms with Crippen LogP contribution in [0.5, 0.6) is 5.75 Å². The van der Waals surface area contributed by atoms with Crippen molar-refractivity contribution < 1.29 is 19.1 Å². The van der Waals surface area contributed by atoms with Gasteiger partial charge in [0.2, 0.25) is 5.91 Å². The Labute approximate surface area is 135 Å². The zero-order valence-corrected chi connectivity index (χ0v) is 13.7. The van der Waals surface area contributed by atoms with Crippen molar-refractivity contribution >= 4 is 23.2 Å². The Morgan fingerprint density at radius 2 is 2.17 bits per heavy atom. The Morgan fingerprint density at radius 3 is 2.87 bits per heavy atom. The molecule has 0 spiro atoms. The standard InChI is InChI=1S/C17H22N2O4/c1-17(2)10-23-13-7-6-11(9-12(13)19(3)16(17)21)18-15(20)14-5-4-8-22-14/h6-7,9,14H,4-5,8,10H2,1-3H3,(H,18,20). The number of hydrogen-bond acceptors (Lipinski definition) is 4. The van der Waals surface area contributed by atoms with Gasteiger partial charge in [0, 0.05) is 19.3 Å². The second-order valence-electron chi connectivity index (χ2n) is 6.71. The van der Waals surface area contributed by atoms with Crippen LogP contribution >= 0.6 is 0 Å². The van der Waals surface area contributed by atoms with Crippen LogP contribution in [-0.2, 0) is 14.3 Å². The normalized spacial score (nSPS) is 23.0. The van der Waals surface area contributed by atoms with Crippen LogP contribution in [-0.4, -0.2) is 38.2 Å². The molecule has 2 amide bonds. The number of carbonyl (C=O) groups excluding carboxylic acids is 2. The van der Waals surface area contributed by atoms with Crippen molar-refractivity contribution in [1.29, 1.82) is 0 Å². The van der Waals surface area contributed by atoms with Crippen LogP contribution in [0, 0.1) is 5.41 Å². The Morgan fingerprint density at radius 1 is 1.39 bits per heavy atom. The van der Waals surface area contributed by atoms with Crippen molar-refractivity contribution in [3.8, 4) is 5.75 Å². The van der Waals surface area contributed by atoms with Crippen molar-refractivity contribution in [1.82, 2.24) is 0 Å². The van der Waals surface area contributed by atoms with Crippen molar-refractivity contribution in [2.75, 3.05) is 30.5 Å². The van der Waals surface area contributed by atoms with Crippen LogP contribution in [0.15, 0.2) is 18.2 Å². The second kappa shape index (κ2) is 5.85. The molecule has 6 heteroatoms. The zero-order chi connectivity index (χ0) is 16.6. The number of nitrogens with one attached hydrogen (secondary N) is 1. The maximum Gasteiger partial charge on any atom is 0.253 e. The summed E-state index contributed by atoms with van der Waals surface area (Å²) < 4.78 is 11.1. The van der Waals surface area contributed by atoms with Crippen LogP contribution in [0.4, 0.5) is 11.4 Å². The lowest BCUT2D eigenvalue weighted by Gasteiger charge is -2.24. The van der Waals surface area contributed by atoms with Crippen LogP contribution in [0.2, 0.25) is 0 Å². The minimum absolute atomic E-state index is 0.0150. The Balaban J connectivity index is 1.83. The molecule has 1 fully saturated rings. The second-order valence-corrected chi connectivity index (χ2v) is 6.71. The number of benzene rings is 1. The smallest absolute Gasteiger partial charge is 0.253 e. The Bertz CT molecular complexity index is 635. The summed E-state index contributed by atoms with van der Waals surface area (Å²) in [5.74, 6) is 0.478. The molecule has 124 valence electrons. The number of rotatable bonds is 2. The molecule has 2 aliphatic heterocycles. The first-order valence-electron chi connectivity index (χ1n) is 7.86. The van der Waals surface area contributed by atoms with E-state index in [1.54, 1.807) is 30.1 Å². The third-order valence-corrected chi connectivity index (χ3v) is 4.28. The van der Waals surface area contributed by atoms with Crippen molar-refractivity contribution in [2.24, 2.45) is 5.41 Å². The molecule has 0 bridgehead atoms. The largest absolute Gasteiger partial charge is 0.490 e. The lowest BCUT2D eigenvalue weighted by atomic mass is 9.93. The molecule has 0 radical (unpaired) electrons. The van der Waals surface area contributed by atoms with Gasteiger partial charge < -0.3 is 19.7 Å². The highest BCUT2D eigenvalue weighted by Crippen LogP contribution is 2.37. The monoisotopic (exact) mass is 318 g/mol. The van der Waals surface area contributed by atoms with E-state index in [0.29, 0.717) is 30.3 Å². The summed E-state index contributed by atoms with van der Waals surface area (Å²) >= 11 is 0. The Kier molecular flexibility index (Phi) is 4.02. The number of amides is 2. The fourth-order valence-corrected chi connectivity index (χ4v) is 2.87. The van der Waals surface area contributed by atoms with Gasteiger partial charge in [0.05, 0.1) is 11.1 Å². The molecule has 2 heterocycles. The Hall–Kier alpha value is -2.08. The van der Waals surface area contributed by atoms with Gasteiger partial charge in [0.15, 0.2) is 0 Å². The quantitative estimate of drug-likeness (QED) is 0.907. The molecule has 2 aliphatic rings. The third-order valence-electron chi connectivity index (χ3n) is 4.28. The number of anilines is 2. The van der Waals surface area contributed by atoms with E-state index in [9.17, 15) is 9.59 Å². The minimum atomic E-state index is -0.588. The molecule has 0 saturated carbocycles. The summed E-state index contributed by atoms with van der Waals surface area (Å²) in [4.78, 5) is 26.2. The average molecular weight is 318 g/mol. The predicted molar refractivity (Wildman–Crippen MR) is 86.7 cm³/mol. The van der Waals surface area contributed by atoms with Crippen LogP contribution < -0.4 is 15.0 Å². The molecule has 1 N–H and O–H groups in total. The van der Waals surface area contributed by atoms with E-state index in [0.717, 1.165) is 12.8 Å². The number of hydrogen-bond donors (Lipinski definition) is 1. The summed E-state index contributed by atoms with van der Waals surface area (Å²) in [5.41, 5.74) is 0.701. The van der Waals surface area contributed by atoms with Gasteiger partial charge in [-0.25, -0.2) is 0 Å². The topological polar surface area (TPSA) is 67.9 Å². The number of carbonyl (C=O) groups is 2. The number of nitrogens with zero attached hydrogens (tertiary/aromatic N) is 1. The molecule has 0 aromatic heterocycles. The van der Waals surface area contributed by atoms with Crippen molar-refractivity contribution in [3.63, 3.8) is 0 Å². The van der Waals surface area contributed by atoms with Crippen LogP contribution in [0.3, 0.4) is 0 Å². The molecule has 1 atom stereocenters. The van der Waals surface area contributed by atoms with Gasteiger partial charge in [-0.1, -0.05) is 0 Å². The van der Waals surface area contributed by atoms with E-state index in [1.165, 1.54) is 0 Å². The maximum atomic E-state index is 12.5. The third kappa shape index (κ3) is 3.03. The fraction of sp³-hybridized carbons (Fsp3) is 0.529. The molecule has 1 aromatic carbocycles. The van der Waals surface area contributed by atoms with E-state index < -0.39 is 5.41 Å². The van der Waals surface area contributed by atoms with Crippen LogP contribution in [0.1, 0.15) is 26.7 Å². The summed E-state index contributed by atoms with van der Waals surface area (Å²) in [5, 5.41) is 2.85. The SMILES string of the molecule is CN1C(=O)C(C)(C)COc2ccc(NC(=O)C3CCCO3)cc21. The van der Waals surface area contributed by atoms with Gasteiger partial charge in [-0.3, -0.25) is 9.59 Å². The van der Waals surface area contributed by atoms with Gasteiger partial charge in [-0.05, 0) is 44.9 Å². The summed E-state index contributed by atoms with van der Waals surface area (Å²) in [7, 11) is 1.73. The summed E-state index contributed by atoms with van der Waals surface area (Å²) in [6.07, 6.45) is 1.26. The van der Waals surface area contributed by atoms with Gasteiger partial charge in [-0.15, -0.1) is 0 Å². The average Bonchev–Trinajstić information content (AvgIpc) is 3.04. The van der Waals surface area contributed by atoms with Crippen molar-refractivity contribution in [3.05, 3.63) is 18.2 Å². The van der Waals surface area contributed by atoms with Gasteiger partial charge in [0.1, 0.15) is 18.5 Å². The lowest BCUT2D eigenvalue weighted by Crippen LogP contribution is -2.39. The van der Waals surface area contributed by atoms with E-state index in [2.05, 4.69) is 5.32 Å². The maximum absolute atomic E-state index is 12.5. The van der Waals surface area contributed by atoms with Crippen LogP contribution in [0.25, 0.3) is 0 Å². The van der Waals surface area contributed by atoms with E-state index in [-0.39, 0.29) is 17.9 Å². The first-order chi connectivity index (χ1) is 10.9. The summed E-state index contributed by atoms with van der Waals surface area (Å²) in [6, 6.07) is 5.33. The molecule has 1 aromatic rings. The lowest BCUT2D eigenvalue weighted by molar-refractivity contribution is -0.127. The molecular formula is C17H22N2O4. The first-order valence-corrected chi connectivity index (χ1v) is 7.86. The highest BCUT2D eigenvalue weighted by Gasteiger charge is 2.36. The predicted octanol–water partition coefficient (Wildman–Crippen LogP) is 2.19. The molecule has 1 saturated heterocycles. The minimum Gasteiger partial charge on any atom is -0.490 e. The van der Waals surface area contributed by atoms with E-state index >= 15 is 0 Å². The molecule has 6 nitrogen and oxygen atoms in total. The van der Waals surface area contributed by atoms with E-state index in [1.807, 2.05) is 13.8 Å². The van der Waals surface area contributed by atoms with E-state index in [4.69, 9.17) is 9.47 Å². The fourth-order valence-electron chi connectivity index (χ4n) is 2.87. The van der Waals surface area contributed by atoms with Gasteiger partial charge in [-0.2, -0.15) is 0 Å². The summed E-state index contributed by atoms with van der Waals surface area (Å²) in [6.45, 7) is 4.67. The molecule has 0 aliphatic carbocycles.